The Hall–Kier alpha value is -2.02. The average Bonchev–Trinajstić information content (AvgIpc) is 3.39. The summed E-state index contributed by atoms with van der Waals surface area (Å²) in [4.78, 5) is 24.7. The molecule has 2 amide bonds. The normalized spacial score (nSPS) is 36.6. The van der Waals surface area contributed by atoms with Crippen LogP contribution in [0.4, 0.5) is 0 Å². The summed E-state index contributed by atoms with van der Waals surface area (Å²) in [6.45, 7) is 3.48. The van der Waals surface area contributed by atoms with E-state index >= 15 is 0 Å². The van der Waals surface area contributed by atoms with Crippen molar-refractivity contribution in [1.82, 2.24) is 10.6 Å². The highest BCUT2D eigenvalue weighted by Gasteiger charge is 2.52. The molecule has 0 saturated carbocycles. The van der Waals surface area contributed by atoms with E-state index < -0.39 is 149 Å². The van der Waals surface area contributed by atoms with Crippen LogP contribution in [0.2, 0.25) is 0 Å². The highest BCUT2D eigenvalue weighted by Crippen LogP contribution is 2.32. The van der Waals surface area contributed by atoms with Crippen molar-refractivity contribution < 1.29 is 128 Å². The maximum absolute atomic E-state index is 12.3. The molecular formula is C47H86N2O26. The van der Waals surface area contributed by atoms with Crippen LogP contribution in [0.25, 0.3) is 0 Å². The molecule has 0 aromatic heterocycles. The first kappa shape index (κ1) is 65.5. The smallest absolute Gasteiger partial charge is 0.222 e. The maximum Gasteiger partial charge on any atom is 0.222 e. The van der Waals surface area contributed by atoms with Crippen molar-refractivity contribution in [3.05, 3.63) is 0 Å². The van der Waals surface area contributed by atoms with E-state index in [1.807, 2.05) is 13.8 Å². The summed E-state index contributed by atoms with van der Waals surface area (Å²) in [6, 6.07) is 0. The Morgan fingerprint density at radius 1 is 0.413 bits per heavy atom. The molecule has 4 fully saturated rings. The minimum Gasteiger partial charge on any atom is -0.394 e. The van der Waals surface area contributed by atoms with Crippen molar-refractivity contribution in [3.63, 3.8) is 0 Å². The fraction of sp³-hybridized carbons (Fsp3) is 0.957. The number of nitrogens with one attached hydrogen (secondary N) is 2. The van der Waals surface area contributed by atoms with Crippen LogP contribution in [-0.4, -0.2) is 285 Å². The van der Waals surface area contributed by atoms with Gasteiger partial charge in [-0.05, 0) is 25.7 Å². The van der Waals surface area contributed by atoms with Crippen LogP contribution in [0.5, 0.6) is 0 Å². The molecule has 16 N–H and O–H groups in total. The molecule has 4 aliphatic heterocycles. The van der Waals surface area contributed by atoms with Gasteiger partial charge < -0.3 is 129 Å². The molecule has 4 rings (SSSR count). The number of hydrogen-bond donors (Lipinski definition) is 16. The first-order valence-corrected chi connectivity index (χ1v) is 25.9. The molecule has 4 saturated heterocycles. The van der Waals surface area contributed by atoms with Crippen LogP contribution in [0, 0.1) is 5.41 Å². The molecular weight excluding hydrogens is 1010 g/mol. The number of aliphatic hydroxyl groups excluding tert-OH is 14. The third-order valence-electron chi connectivity index (χ3n) is 13.2. The third-order valence-corrected chi connectivity index (χ3v) is 13.2. The average molecular weight is 1100 g/mol. The van der Waals surface area contributed by atoms with E-state index in [1.54, 1.807) is 0 Å². The number of aliphatic hydroxyl groups is 14. The first-order chi connectivity index (χ1) is 35.8. The lowest BCUT2D eigenvalue weighted by Crippen LogP contribution is -2.64. The fourth-order valence-corrected chi connectivity index (χ4v) is 8.65. The van der Waals surface area contributed by atoms with E-state index in [1.165, 1.54) is 0 Å². The van der Waals surface area contributed by atoms with E-state index in [0.29, 0.717) is 52.0 Å². The Bertz CT molecular complexity index is 1480. The van der Waals surface area contributed by atoms with Gasteiger partial charge in [-0.15, -0.1) is 0 Å². The number of carbonyl (C=O) groups excluding carboxylic acids is 2. The molecule has 4 heterocycles. The highest BCUT2D eigenvalue weighted by atomic mass is 16.8. The van der Waals surface area contributed by atoms with E-state index in [4.69, 9.17) is 47.4 Å². The number of ether oxygens (including phenoxy) is 10. The lowest BCUT2D eigenvalue weighted by Gasteiger charge is -2.45. The van der Waals surface area contributed by atoms with Crippen LogP contribution in [0.15, 0.2) is 0 Å². The van der Waals surface area contributed by atoms with Gasteiger partial charge in [-0.1, -0.05) is 39.5 Å². The second-order valence-electron chi connectivity index (χ2n) is 20.0. The van der Waals surface area contributed by atoms with Gasteiger partial charge in [-0.3, -0.25) is 9.59 Å². The summed E-state index contributed by atoms with van der Waals surface area (Å²) in [6.07, 6.45) is -24.6. The molecule has 28 heteroatoms. The molecule has 4 aliphatic rings. The topological polar surface area (TPSA) is 434 Å². The predicted molar refractivity (Wildman–Crippen MR) is 252 cm³/mol. The minimum absolute atomic E-state index is 0.149. The predicted octanol–water partition coefficient (Wildman–Crippen LogP) is -6.54. The van der Waals surface area contributed by atoms with E-state index in [9.17, 15) is 81.1 Å². The summed E-state index contributed by atoms with van der Waals surface area (Å²) >= 11 is 0. The monoisotopic (exact) mass is 1090 g/mol. The highest BCUT2D eigenvalue weighted by molar-refractivity contribution is 5.76. The lowest BCUT2D eigenvalue weighted by atomic mass is 9.96. The van der Waals surface area contributed by atoms with Crippen LogP contribution in [-0.2, 0) is 57.0 Å². The molecule has 0 bridgehead atoms. The molecule has 0 spiro atoms. The van der Waals surface area contributed by atoms with Gasteiger partial charge in [0.2, 0.25) is 11.8 Å². The second-order valence-corrected chi connectivity index (χ2v) is 20.0. The molecule has 20 atom stereocenters. The van der Waals surface area contributed by atoms with Gasteiger partial charge in [0.05, 0.1) is 52.9 Å². The molecule has 0 aliphatic carbocycles. The number of carbonyl (C=O) groups is 2. The Morgan fingerprint density at radius 2 is 0.747 bits per heavy atom. The van der Waals surface area contributed by atoms with Gasteiger partial charge in [-0.2, -0.15) is 0 Å². The van der Waals surface area contributed by atoms with Gasteiger partial charge in [0.1, 0.15) is 97.7 Å². The Labute approximate surface area is 435 Å². The van der Waals surface area contributed by atoms with E-state index in [0.717, 1.165) is 25.7 Å². The van der Waals surface area contributed by atoms with Crippen molar-refractivity contribution in [1.29, 1.82) is 0 Å². The number of amides is 2. The van der Waals surface area contributed by atoms with E-state index in [2.05, 4.69) is 10.6 Å². The maximum atomic E-state index is 12.3. The summed E-state index contributed by atoms with van der Waals surface area (Å²) in [5.74, 6) is -0.316. The van der Waals surface area contributed by atoms with Gasteiger partial charge in [-0.25, -0.2) is 0 Å². The number of hydrogen-bond acceptors (Lipinski definition) is 26. The summed E-state index contributed by atoms with van der Waals surface area (Å²) in [5.41, 5.74) is -0.369. The molecule has 20 unspecified atom stereocenters. The molecule has 75 heavy (non-hydrogen) atoms. The zero-order chi connectivity index (χ0) is 55.2. The van der Waals surface area contributed by atoms with Gasteiger partial charge in [0, 0.05) is 44.6 Å². The zero-order valence-corrected chi connectivity index (χ0v) is 42.8. The Kier molecular flexibility index (Phi) is 29.3. The standard InChI is InChI=1S/C47H86N2O26/c1-47(2,23-66-17-11-29(54)48-13-7-3-5-9-15-68-43-39(64)35(60)41(27(21-52)72-43)74-45-37(62)33(58)31(56)25(19-50)70-45)24-67-18-12-30(55)49-14-8-4-6-10-16-69-44-40(65)36(61)42(28(22-53)73-44)75-46-38(63)34(59)32(57)26(20-51)71-46/h25-28,31-46,50-53,56-65H,3-24H2,1-2H3,(H,48,54)(H,49,55). The summed E-state index contributed by atoms with van der Waals surface area (Å²) < 4.78 is 55.7. The third kappa shape index (κ3) is 20.2. The summed E-state index contributed by atoms with van der Waals surface area (Å²) in [5, 5.41) is 148. The Morgan fingerprint density at radius 3 is 1.11 bits per heavy atom. The summed E-state index contributed by atoms with van der Waals surface area (Å²) in [7, 11) is 0. The molecule has 28 nitrogen and oxygen atoms in total. The van der Waals surface area contributed by atoms with Crippen molar-refractivity contribution in [3.8, 4) is 0 Å². The number of unbranched alkanes of at least 4 members (excludes halogenated alkanes) is 6. The van der Waals surface area contributed by atoms with Crippen molar-refractivity contribution in [2.75, 3.05) is 79.2 Å². The minimum atomic E-state index is -1.77. The second kappa shape index (κ2) is 33.5. The van der Waals surface area contributed by atoms with Crippen molar-refractivity contribution >= 4 is 11.8 Å². The van der Waals surface area contributed by atoms with Gasteiger partial charge in [0.25, 0.3) is 0 Å². The zero-order valence-electron chi connectivity index (χ0n) is 42.8. The van der Waals surface area contributed by atoms with Crippen LogP contribution < -0.4 is 10.6 Å². The molecule has 0 aromatic carbocycles. The van der Waals surface area contributed by atoms with E-state index in [-0.39, 0.29) is 56.5 Å². The van der Waals surface area contributed by atoms with Crippen LogP contribution in [0.3, 0.4) is 0 Å². The van der Waals surface area contributed by atoms with Crippen molar-refractivity contribution in [2.24, 2.45) is 5.41 Å². The lowest BCUT2D eigenvalue weighted by molar-refractivity contribution is -0.359. The first-order valence-electron chi connectivity index (χ1n) is 25.9. The molecule has 440 valence electrons. The van der Waals surface area contributed by atoms with Gasteiger partial charge in [0.15, 0.2) is 25.2 Å². The molecule has 0 aromatic rings. The molecule has 0 radical (unpaired) electrons. The fourth-order valence-electron chi connectivity index (χ4n) is 8.65. The van der Waals surface area contributed by atoms with Crippen molar-refractivity contribution in [2.45, 2.75) is 201 Å². The quantitative estimate of drug-likeness (QED) is 0.0266. The number of rotatable bonds is 34. The van der Waals surface area contributed by atoms with Crippen LogP contribution >= 0.6 is 0 Å². The Balaban J connectivity index is 0.943. The SMILES string of the molecule is CC(C)(COCCC(=O)NCCCCCCOC1OC(CO)C(OC2OC(CO)C(O)C(O)C2O)C(O)C1O)COCCC(=O)NCCCCCCOC1OC(CO)C(OC2OC(CO)C(O)C(O)C2O)C(O)C1O. The van der Waals surface area contributed by atoms with Crippen LogP contribution in [0.1, 0.15) is 78.1 Å². The van der Waals surface area contributed by atoms with Gasteiger partial charge >= 0.3 is 0 Å². The largest absolute Gasteiger partial charge is 0.394 e.